The van der Waals surface area contributed by atoms with Crippen molar-refractivity contribution in [2.24, 2.45) is 0 Å². The molecule has 2 aromatic rings. The Bertz CT molecular complexity index is 726. The predicted octanol–water partition coefficient (Wildman–Crippen LogP) is 2.44. The van der Waals surface area contributed by atoms with Gasteiger partial charge in [0.25, 0.3) is 0 Å². The molecule has 0 aliphatic carbocycles. The molecule has 6 heteroatoms. The van der Waals surface area contributed by atoms with Gasteiger partial charge in [0, 0.05) is 12.8 Å². The van der Waals surface area contributed by atoms with Gasteiger partial charge in [-0.25, -0.2) is 8.42 Å². The fourth-order valence-electron chi connectivity index (χ4n) is 1.97. The molecule has 1 heterocycles. The fraction of sp³-hybridized carbons (Fsp3) is 0.417. The number of nitrogens with zero attached hydrogens (tertiary/aromatic N) is 1. The van der Waals surface area contributed by atoms with Crippen LogP contribution in [-0.4, -0.2) is 30.0 Å². The molecule has 0 fully saturated rings. The lowest BCUT2D eigenvalue weighted by atomic mass is 10.2. The number of benzene rings is 1. The highest BCUT2D eigenvalue weighted by atomic mass is 32.2. The van der Waals surface area contributed by atoms with Crippen molar-refractivity contribution in [3.63, 3.8) is 0 Å². The largest absolute Gasteiger partial charge is 0.331 e. The van der Waals surface area contributed by atoms with Crippen molar-refractivity contribution in [1.82, 2.24) is 9.55 Å². The highest BCUT2D eigenvalue weighted by Crippen LogP contribution is 2.16. The second-order valence-electron chi connectivity index (χ2n) is 4.59. The maximum absolute atomic E-state index is 11.1. The van der Waals surface area contributed by atoms with Gasteiger partial charge in [0.1, 0.15) is 9.84 Å². The molecule has 0 saturated carbocycles. The molecule has 4 nitrogen and oxygen atoms in total. The van der Waals surface area contributed by atoms with Crippen LogP contribution in [0.25, 0.3) is 11.0 Å². The molecule has 0 amide bonds. The van der Waals surface area contributed by atoms with Crippen LogP contribution in [0.2, 0.25) is 0 Å². The van der Waals surface area contributed by atoms with E-state index in [1.54, 1.807) is 0 Å². The molecule has 0 aliphatic heterocycles. The molecular formula is C12H16N2O2S2. The molecule has 0 saturated heterocycles. The van der Waals surface area contributed by atoms with Gasteiger partial charge in [0.2, 0.25) is 0 Å². The van der Waals surface area contributed by atoms with Crippen LogP contribution in [0.15, 0.2) is 18.2 Å². The Kier molecular flexibility index (Phi) is 3.59. The molecule has 98 valence electrons. The molecule has 2 rings (SSSR count). The third kappa shape index (κ3) is 3.00. The van der Waals surface area contributed by atoms with Gasteiger partial charge >= 0.3 is 0 Å². The van der Waals surface area contributed by atoms with Crippen LogP contribution in [0.1, 0.15) is 12.0 Å². The van der Waals surface area contributed by atoms with E-state index >= 15 is 0 Å². The second-order valence-corrected chi connectivity index (χ2v) is 7.23. The van der Waals surface area contributed by atoms with Crippen molar-refractivity contribution in [1.29, 1.82) is 0 Å². The summed E-state index contributed by atoms with van der Waals surface area (Å²) in [5.41, 5.74) is 3.19. The quantitative estimate of drug-likeness (QED) is 0.877. The molecule has 0 bridgehead atoms. The number of rotatable bonds is 4. The number of imidazole rings is 1. The van der Waals surface area contributed by atoms with E-state index in [1.807, 2.05) is 23.6 Å². The third-order valence-electron chi connectivity index (χ3n) is 2.83. The number of H-pyrrole nitrogens is 1. The summed E-state index contributed by atoms with van der Waals surface area (Å²) in [7, 11) is -2.91. The minimum atomic E-state index is -2.91. The van der Waals surface area contributed by atoms with Crippen LogP contribution < -0.4 is 0 Å². The minimum Gasteiger partial charge on any atom is -0.331 e. The molecule has 1 N–H and O–H groups in total. The van der Waals surface area contributed by atoms with Crippen LogP contribution in [0.4, 0.5) is 0 Å². The molecule has 1 aromatic carbocycles. The first-order valence-electron chi connectivity index (χ1n) is 5.74. The summed E-state index contributed by atoms with van der Waals surface area (Å²) < 4.78 is 24.8. The third-order valence-corrected chi connectivity index (χ3v) is 4.18. The minimum absolute atomic E-state index is 0.188. The maximum Gasteiger partial charge on any atom is 0.178 e. The first kappa shape index (κ1) is 13.3. The number of aromatic nitrogens is 2. The van der Waals surface area contributed by atoms with E-state index in [1.165, 1.54) is 6.26 Å². The van der Waals surface area contributed by atoms with Gasteiger partial charge in [-0.1, -0.05) is 6.07 Å². The Morgan fingerprint density at radius 3 is 2.78 bits per heavy atom. The zero-order chi connectivity index (χ0) is 13.3. The molecule has 18 heavy (non-hydrogen) atoms. The van der Waals surface area contributed by atoms with Crippen molar-refractivity contribution in [2.75, 3.05) is 12.0 Å². The highest BCUT2D eigenvalue weighted by Gasteiger charge is 2.06. The monoisotopic (exact) mass is 284 g/mol. The number of hydrogen-bond donors (Lipinski definition) is 1. The standard InChI is InChI=1S/C12H16N2O2S2/c1-9-4-5-10-11(8-9)14(12(17)13-10)6-3-7-18(2,15)16/h4-5,8H,3,6-7H2,1-2H3,(H,13,17). The average molecular weight is 284 g/mol. The van der Waals surface area contributed by atoms with E-state index in [0.717, 1.165) is 16.6 Å². The van der Waals surface area contributed by atoms with E-state index < -0.39 is 9.84 Å². The summed E-state index contributed by atoms with van der Waals surface area (Å²) in [5.74, 6) is 0.188. The van der Waals surface area contributed by atoms with Gasteiger partial charge in [-0.3, -0.25) is 0 Å². The molecule has 0 unspecified atom stereocenters. The van der Waals surface area contributed by atoms with E-state index in [4.69, 9.17) is 12.2 Å². The fourth-order valence-corrected chi connectivity index (χ4v) is 2.92. The van der Waals surface area contributed by atoms with Crippen LogP contribution in [0.3, 0.4) is 0 Å². The molecule has 0 atom stereocenters. The van der Waals surface area contributed by atoms with Crippen molar-refractivity contribution in [3.8, 4) is 0 Å². The van der Waals surface area contributed by atoms with Crippen LogP contribution in [0, 0.1) is 11.7 Å². The molecule has 0 spiro atoms. The zero-order valence-corrected chi connectivity index (χ0v) is 12.1. The Hall–Kier alpha value is -1.14. The highest BCUT2D eigenvalue weighted by molar-refractivity contribution is 7.90. The van der Waals surface area contributed by atoms with Crippen molar-refractivity contribution >= 4 is 33.1 Å². The van der Waals surface area contributed by atoms with Crippen LogP contribution in [0.5, 0.6) is 0 Å². The summed E-state index contributed by atoms with van der Waals surface area (Å²) in [6, 6.07) is 6.07. The van der Waals surface area contributed by atoms with Gasteiger partial charge in [0.15, 0.2) is 4.77 Å². The lowest BCUT2D eigenvalue weighted by Gasteiger charge is -2.04. The Morgan fingerprint density at radius 2 is 2.11 bits per heavy atom. The Balaban J connectivity index is 2.30. The van der Waals surface area contributed by atoms with Crippen molar-refractivity contribution in [3.05, 3.63) is 28.5 Å². The molecule has 1 aromatic heterocycles. The van der Waals surface area contributed by atoms with Gasteiger partial charge in [0.05, 0.1) is 16.8 Å². The van der Waals surface area contributed by atoms with Gasteiger partial charge in [-0.2, -0.15) is 0 Å². The smallest absolute Gasteiger partial charge is 0.178 e. The summed E-state index contributed by atoms with van der Waals surface area (Å²) in [4.78, 5) is 3.13. The molecule has 0 aliphatic rings. The Labute approximate surface area is 112 Å². The van der Waals surface area contributed by atoms with Crippen molar-refractivity contribution < 1.29 is 8.42 Å². The SMILES string of the molecule is Cc1ccc2[nH]c(=S)n(CCCS(C)(=O)=O)c2c1. The number of hydrogen-bond acceptors (Lipinski definition) is 3. The van der Waals surface area contributed by atoms with Gasteiger partial charge in [-0.05, 0) is 43.3 Å². The first-order chi connectivity index (χ1) is 8.37. The second kappa shape index (κ2) is 4.85. The van der Waals surface area contributed by atoms with Gasteiger partial charge < -0.3 is 9.55 Å². The van der Waals surface area contributed by atoms with E-state index in [-0.39, 0.29) is 5.75 Å². The number of sulfone groups is 1. The lowest BCUT2D eigenvalue weighted by Crippen LogP contribution is -2.07. The zero-order valence-electron chi connectivity index (χ0n) is 10.4. The summed E-state index contributed by atoms with van der Waals surface area (Å²) in [6.07, 6.45) is 1.83. The summed E-state index contributed by atoms with van der Waals surface area (Å²) in [5, 5.41) is 0. The number of nitrogens with one attached hydrogen (secondary N) is 1. The summed E-state index contributed by atoms with van der Waals surface area (Å²) in [6.45, 7) is 2.64. The number of aryl methyl sites for hydroxylation is 2. The average Bonchev–Trinajstić information content (AvgIpc) is 2.54. The number of fused-ring (bicyclic) bond motifs is 1. The summed E-state index contributed by atoms with van der Waals surface area (Å²) >= 11 is 5.26. The van der Waals surface area contributed by atoms with Crippen molar-refractivity contribution in [2.45, 2.75) is 19.9 Å². The maximum atomic E-state index is 11.1. The van der Waals surface area contributed by atoms with E-state index in [9.17, 15) is 8.42 Å². The predicted molar refractivity (Wildman–Crippen MR) is 76.2 cm³/mol. The van der Waals surface area contributed by atoms with Gasteiger partial charge in [-0.15, -0.1) is 0 Å². The van der Waals surface area contributed by atoms with Crippen LogP contribution >= 0.6 is 12.2 Å². The molecule has 0 radical (unpaired) electrons. The first-order valence-corrected chi connectivity index (χ1v) is 8.20. The Morgan fingerprint density at radius 1 is 1.39 bits per heavy atom. The normalized spacial score (nSPS) is 12.1. The molecular weight excluding hydrogens is 268 g/mol. The van der Waals surface area contributed by atoms with E-state index in [0.29, 0.717) is 17.7 Å². The van der Waals surface area contributed by atoms with E-state index in [2.05, 4.69) is 11.1 Å². The lowest BCUT2D eigenvalue weighted by molar-refractivity contribution is 0.592. The van der Waals surface area contributed by atoms with Crippen LogP contribution in [-0.2, 0) is 16.4 Å². The topological polar surface area (TPSA) is 54.9 Å². The number of aromatic amines is 1.